The van der Waals surface area contributed by atoms with Crippen LogP contribution >= 0.6 is 0 Å². The van der Waals surface area contributed by atoms with Gasteiger partial charge in [-0.25, -0.2) is 4.79 Å². The van der Waals surface area contributed by atoms with E-state index in [1.807, 2.05) is 36.5 Å². The van der Waals surface area contributed by atoms with Crippen molar-refractivity contribution >= 4 is 29.5 Å². The van der Waals surface area contributed by atoms with Gasteiger partial charge in [-0.3, -0.25) is 19.2 Å². The summed E-state index contributed by atoms with van der Waals surface area (Å²) in [4.78, 5) is 41.1. The predicted octanol–water partition coefficient (Wildman–Crippen LogP) is 5.81. The summed E-state index contributed by atoms with van der Waals surface area (Å²) in [5.41, 5.74) is 1.27. The van der Waals surface area contributed by atoms with Gasteiger partial charge in [0.05, 0.1) is 12.7 Å². The molecule has 1 fully saturated rings. The molecule has 1 saturated heterocycles. The molecule has 2 heterocycles. The van der Waals surface area contributed by atoms with Crippen molar-refractivity contribution in [2.24, 2.45) is 0 Å². The Morgan fingerprint density at radius 3 is 2.21 bits per heavy atom. The maximum Gasteiger partial charge on any atom is 0.410 e. The number of carbonyl (C=O) groups excluding carboxylic acids is 3. The van der Waals surface area contributed by atoms with E-state index in [2.05, 4.69) is 22.6 Å². The Bertz CT molecular complexity index is 1160. The Morgan fingerprint density at radius 2 is 1.57 bits per heavy atom. The number of hydrogen-bond donors (Lipinski definition) is 1. The highest BCUT2D eigenvalue weighted by Gasteiger charge is 2.26. The molecular weight excluding hydrogens is 532 g/mol. The lowest BCUT2D eigenvalue weighted by Gasteiger charge is -2.35. The zero-order valence-corrected chi connectivity index (χ0v) is 25.8. The second-order valence-electron chi connectivity index (χ2n) is 11.9. The van der Waals surface area contributed by atoms with Crippen molar-refractivity contribution in [1.82, 2.24) is 24.8 Å². The van der Waals surface area contributed by atoms with Gasteiger partial charge < -0.3 is 15.0 Å². The molecule has 0 saturated carbocycles. The van der Waals surface area contributed by atoms with Crippen molar-refractivity contribution in [1.29, 1.82) is 0 Å². The Kier molecular flexibility index (Phi) is 13.2. The number of ketones is 1. The zero-order valence-electron chi connectivity index (χ0n) is 25.8. The number of nitrogens with zero attached hydrogens (tertiary/aromatic N) is 5. The first-order valence-electron chi connectivity index (χ1n) is 15.4. The lowest BCUT2D eigenvalue weighted by molar-refractivity contribution is -0.117. The number of piperazine rings is 1. The fraction of sp³-hybridized carbons (Fsp3) is 0.594. The second kappa shape index (κ2) is 16.8. The number of hydrogen-bond acceptors (Lipinski definition) is 7. The van der Waals surface area contributed by atoms with Gasteiger partial charge >= 0.3 is 6.09 Å². The summed E-state index contributed by atoms with van der Waals surface area (Å²) in [7, 11) is 0. The predicted molar refractivity (Wildman–Crippen MR) is 165 cm³/mol. The largest absolute Gasteiger partial charge is 0.444 e. The van der Waals surface area contributed by atoms with Crippen LogP contribution in [0.4, 0.5) is 10.5 Å². The van der Waals surface area contributed by atoms with Gasteiger partial charge in [-0.05, 0) is 63.6 Å². The monoisotopic (exact) mass is 580 g/mol. The Balaban J connectivity index is 1.35. The number of unbranched alkanes of at least 4 members (excludes halogenated alkanes) is 7. The van der Waals surface area contributed by atoms with Gasteiger partial charge in [-0.1, -0.05) is 57.1 Å². The van der Waals surface area contributed by atoms with Crippen LogP contribution in [0, 0.1) is 0 Å². The Labute approximate surface area is 250 Å². The number of ether oxygens (including phenoxy) is 1. The van der Waals surface area contributed by atoms with E-state index in [1.54, 1.807) is 35.2 Å². The second-order valence-corrected chi connectivity index (χ2v) is 11.9. The molecule has 0 atom stereocenters. The van der Waals surface area contributed by atoms with E-state index in [0.29, 0.717) is 43.1 Å². The highest BCUT2D eigenvalue weighted by Crippen LogP contribution is 2.14. The molecular formula is C32H48N6O4. The van der Waals surface area contributed by atoms with Gasteiger partial charge in [0.25, 0.3) is 0 Å². The summed E-state index contributed by atoms with van der Waals surface area (Å²) >= 11 is 0. The van der Waals surface area contributed by atoms with Crippen LogP contribution in [0.15, 0.2) is 36.5 Å². The third-order valence-corrected chi connectivity index (χ3v) is 7.05. The lowest BCUT2D eigenvalue weighted by atomic mass is 10.1. The zero-order chi connectivity index (χ0) is 30.4. The molecule has 0 radical (unpaired) electrons. The number of benzene rings is 1. The molecule has 1 N–H and O–H groups in total. The molecule has 2 aromatic rings. The van der Waals surface area contributed by atoms with Crippen molar-refractivity contribution in [3.05, 3.63) is 47.8 Å². The third kappa shape index (κ3) is 12.1. The number of aromatic nitrogens is 3. The summed E-state index contributed by atoms with van der Waals surface area (Å²) in [6.45, 7) is 11.1. The van der Waals surface area contributed by atoms with Crippen molar-refractivity contribution in [3.63, 3.8) is 0 Å². The fourth-order valence-electron chi connectivity index (χ4n) is 4.70. The summed E-state index contributed by atoms with van der Waals surface area (Å²) < 4.78 is 7.26. The summed E-state index contributed by atoms with van der Waals surface area (Å²) in [6.07, 6.45) is 14.8. The molecule has 230 valence electrons. The van der Waals surface area contributed by atoms with Crippen LogP contribution in [0.2, 0.25) is 0 Å². The van der Waals surface area contributed by atoms with E-state index in [9.17, 15) is 14.4 Å². The first kappa shape index (κ1) is 33.0. The van der Waals surface area contributed by atoms with Crippen LogP contribution in [0.5, 0.6) is 0 Å². The molecule has 2 amide bonds. The minimum absolute atomic E-state index is 0.144. The molecule has 42 heavy (non-hydrogen) atoms. The molecule has 0 unspecified atom stereocenters. The number of amides is 2. The van der Waals surface area contributed by atoms with Crippen LogP contribution < -0.4 is 5.32 Å². The van der Waals surface area contributed by atoms with Gasteiger partial charge in [0.15, 0.2) is 5.78 Å². The first-order valence-corrected chi connectivity index (χ1v) is 15.4. The van der Waals surface area contributed by atoms with Crippen LogP contribution in [0.25, 0.3) is 6.08 Å². The van der Waals surface area contributed by atoms with Crippen LogP contribution in [0.1, 0.15) is 95.1 Å². The molecule has 1 aliphatic heterocycles. The van der Waals surface area contributed by atoms with Crippen LogP contribution in [-0.4, -0.2) is 80.9 Å². The molecule has 1 aromatic carbocycles. The van der Waals surface area contributed by atoms with Gasteiger partial charge in [-0.2, -0.15) is 0 Å². The van der Waals surface area contributed by atoms with Gasteiger partial charge in [-0.15, -0.1) is 5.10 Å². The molecule has 10 heteroatoms. The van der Waals surface area contributed by atoms with E-state index in [0.717, 1.165) is 13.0 Å². The van der Waals surface area contributed by atoms with Crippen molar-refractivity contribution in [2.45, 2.75) is 91.2 Å². The smallest absolute Gasteiger partial charge is 0.410 e. The average Bonchev–Trinajstić information content (AvgIpc) is 3.40. The Morgan fingerprint density at radius 1 is 0.929 bits per heavy atom. The highest BCUT2D eigenvalue weighted by atomic mass is 16.6. The van der Waals surface area contributed by atoms with Crippen molar-refractivity contribution < 1.29 is 19.1 Å². The average molecular weight is 581 g/mol. The molecule has 0 aliphatic carbocycles. The summed E-state index contributed by atoms with van der Waals surface area (Å²) in [5.74, 6) is -0.289. The molecule has 1 aliphatic rings. The minimum atomic E-state index is -0.530. The summed E-state index contributed by atoms with van der Waals surface area (Å²) in [6, 6.07) is 6.83. The number of nitrogens with one attached hydrogen (secondary N) is 1. The van der Waals surface area contributed by atoms with Crippen molar-refractivity contribution in [2.75, 3.05) is 38.0 Å². The molecule has 0 bridgehead atoms. The Hall–Kier alpha value is -3.53. The van der Waals surface area contributed by atoms with E-state index in [1.165, 1.54) is 51.0 Å². The van der Waals surface area contributed by atoms with Gasteiger partial charge in [0.1, 0.15) is 11.3 Å². The lowest BCUT2D eigenvalue weighted by Crippen LogP contribution is -2.51. The van der Waals surface area contributed by atoms with Gasteiger partial charge in [0, 0.05) is 44.0 Å². The van der Waals surface area contributed by atoms with E-state index < -0.39 is 5.60 Å². The minimum Gasteiger partial charge on any atom is -0.444 e. The van der Waals surface area contributed by atoms with Crippen LogP contribution in [-0.2, 0) is 16.1 Å². The van der Waals surface area contributed by atoms with E-state index >= 15 is 0 Å². The number of rotatable bonds is 15. The van der Waals surface area contributed by atoms with Crippen molar-refractivity contribution in [3.8, 4) is 0 Å². The number of anilines is 1. The quantitative estimate of drug-likeness (QED) is 0.161. The highest BCUT2D eigenvalue weighted by molar-refractivity contribution is 6.07. The topological polar surface area (TPSA) is 110 Å². The molecule has 1 aromatic heterocycles. The molecule has 10 nitrogen and oxygen atoms in total. The third-order valence-electron chi connectivity index (χ3n) is 7.05. The van der Waals surface area contributed by atoms with E-state index in [4.69, 9.17) is 4.74 Å². The maximum absolute atomic E-state index is 12.6. The summed E-state index contributed by atoms with van der Waals surface area (Å²) in [5, 5.41) is 11.2. The standard InChI is InChI=1S/C32H48N6O4/c1-5-6-7-8-9-10-11-12-19-38-24-28(34-35-38)17-18-29(39)26-13-15-27(16-14-26)33-30(40)25-36-20-22-37(23-21-36)31(41)42-32(2,3)4/h13-18,24H,5-12,19-23,25H2,1-4H3,(H,33,40)/b18-17+. The van der Waals surface area contributed by atoms with E-state index in [-0.39, 0.29) is 24.3 Å². The first-order chi connectivity index (χ1) is 20.1. The number of aryl methyl sites for hydroxylation is 1. The maximum atomic E-state index is 12.6. The van der Waals surface area contributed by atoms with Crippen LogP contribution in [0.3, 0.4) is 0 Å². The van der Waals surface area contributed by atoms with Gasteiger partial charge in [0.2, 0.25) is 5.91 Å². The normalized spacial score (nSPS) is 14.3. The molecule has 0 spiro atoms. The molecule has 3 rings (SSSR count). The number of allylic oxidation sites excluding steroid dienone is 1. The fourth-order valence-corrected chi connectivity index (χ4v) is 4.70. The number of carbonyl (C=O) groups is 3. The SMILES string of the molecule is CCCCCCCCCCn1cc(/C=C/C(=O)c2ccc(NC(=O)CN3CCN(C(=O)OC(C)(C)C)CC3)cc2)nn1.